The summed E-state index contributed by atoms with van der Waals surface area (Å²) >= 11 is 0. The number of amides is 1. The number of hydrogen-bond donors (Lipinski definition) is 2. The fourth-order valence-electron chi connectivity index (χ4n) is 2.32. The zero-order chi connectivity index (χ0) is 16.9. The van der Waals surface area contributed by atoms with Gasteiger partial charge in [-0.2, -0.15) is 0 Å². The standard InChI is InChI=1S/C19H24N2O2/c1-14-11-16(8-10-20-14)13-21-18(22)17-6-4-5-15(12-17)7-9-19(2,3)23/h4-6,8,10-12,23H,7,9,13H2,1-3H3,(H,21,22). The molecule has 1 heterocycles. The van der Waals surface area contributed by atoms with Crippen LogP contribution in [-0.2, 0) is 13.0 Å². The van der Waals surface area contributed by atoms with E-state index < -0.39 is 5.60 Å². The van der Waals surface area contributed by atoms with Crippen LogP contribution in [0.25, 0.3) is 0 Å². The largest absolute Gasteiger partial charge is 0.390 e. The summed E-state index contributed by atoms with van der Waals surface area (Å²) in [6.45, 7) is 5.99. The minimum atomic E-state index is -0.697. The Morgan fingerprint density at radius 2 is 2.00 bits per heavy atom. The van der Waals surface area contributed by atoms with Crippen molar-refractivity contribution in [3.05, 3.63) is 65.0 Å². The Morgan fingerprint density at radius 1 is 1.22 bits per heavy atom. The van der Waals surface area contributed by atoms with Gasteiger partial charge >= 0.3 is 0 Å². The molecule has 0 aliphatic carbocycles. The van der Waals surface area contributed by atoms with Crippen LogP contribution >= 0.6 is 0 Å². The highest BCUT2D eigenvalue weighted by Gasteiger charge is 2.13. The van der Waals surface area contributed by atoms with Gasteiger partial charge in [-0.05, 0) is 69.0 Å². The lowest BCUT2D eigenvalue weighted by atomic mass is 9.98. The van der Waals surface area contributed by atoms with E-state index in [9.17, 15) is 9.90 Å². The van der Waals surface area contributed by atoms with Gasteiger partial charge in [0.05, 0.1) is 5.60 Å². The number of carbonyl (C=O) groups excluding carboxylic acids is 1. The zero-order valence-corrected chi connectivity index (χ0v) is 14.0. The van der Waals surface area contributed by atoms with E-state index in [2.05, 4.69) is 10.3 Å². The zero-order valence-electron chi connectivity index (χ0n) is 14.0. The van der Waals surface area contributed by atoms with Gasteiger partial charge in [-0.1, -0.05) is 12.1 Å². The maximum atomic E-state index is 12.3. The third-order valence-electron chi connectivity index (χ3n) is 3.63. The van der Waals surface area contributed by atoms with Gasteiger partial charge < -0.3 is 10.4 Å². The topological polar surface area (TPSA) is 62.2 Å². The first-order valence-electron chi connectivity index (χ1n) is 7.84. The first-order valence-corrected chi connectivity index (χ1v) is 7.84. The lowest BCUT2D eigenvalue weighted by Gasteiger charge is -2.16. The highest BCUT2D eigenvalue weighted by atomic mass is 16.3. The first kappa shape index (κ1) is 17.2. The number of hydrogen-bond acceptors (Lipinski definition) is 3. The molecule has 2 aromatic rings. The Bertz CT molecular complexity index is 675. The molecule has 0 saturated carbocycles. The molecular formula is C19H24N2O2. The van der Waals surface area contributed by atoms with Gasteiger partial charge in [-0.25, -0.2) is 0 Å². The van der Waals surface area contributed by atoms with E-state index in [1.165, 1.54) is 0 Å². The molecule has 4 heteroatoms. The van der Waals surface area contributed by atoms with E-state index >= 15 is 0 Å². The number of aliphatic hydroxyl groups is 1. The molecule has 0 fully saturated rings. The molecule has 0 spiro atoms. The summed E-state index contributed by atoms with van der Waals surface area (Å²) in [6, 6.07) is 11.4. The van der Waals surface area contributed by atoms with Crippen molar-refractivity contribution in [1.82, 2.24) is 10.3 Å². The fraction of sp³-hybridized carbons (Fsp3) is 0.368. The Labute approximate surface area is 137 Å². The summed E-state index contributed by atoms with van der Waals surface area (Å²) < 4.78 is 0. The molecule has 0 bridgehead atoms. The molecular weight excluding hydrogens is 288 g/mol. The summed E-state index contributed by atoms with van der Waals surface area (Å²) in [4.78, 5) is 16.4. The fourth-order valence-corrected chi connectivity index (χ4v) is 2.32. The summed E-state index contributed by atoms with van der Waals surface area (Å²) in [6.07, 6.45) is 3.15. The van der Waals surface area contributed by atoms with Gasteiger partial charge in [-0.15, -0.1) is 0 Å². The van der Waals surface area contributed by atoms with Gasteiger partial charge in [0.25, 0.3) is 5.91 Å². The molecule has 1 aromatic carbocycles. The maximum absolute atomic E-state index is 12.3. The van der Waals surface area contributed by atoms with Crippen molar-refractivity contribution >= 4 is 5.91 Å². The summed E-state index contributed by atoms with van der Waals surface area (Å²) in [5, 5.41) is 12.7. The minimum absolute atomic E-state index is 0.0930. The second kappa shape index (κ2) is 7.38. The lowest BCUT2D eigenvalue weighted by molar-refractivity contribution is 0.0714. The van der Waals surface area contributed by atoms with E-state index in [0.29, 0.717) is 18.5 Å². The van der Waals surface area contributed by atoms with Crippen molar-refractivity contribution in [2.24, 2.45) is 0 Å². The van der Waals surface area contributed by atoms with Crippen molar-refractivity contribution in [1.29, 1.82) is 0 Å². The van der Waals surface area contributed by atoms with Crippen LogP contribution in [0, 0.1) is 6.92 Å². The van der Waals surface area contributed by atoms with Gasteiger partial charge in [-0.3, -0.25) is 9.78 Å². The highest BCUT2D eigenvalue weighted by molar-refractivity contribution is 5.94. The van der Waals surface area contributed by atoms with E-state index in [1.807, 2.05) is 37.3 Å². The molecule has 0 aliphatic rings. The molecule has 0 atom stereocenters. The molecule has 122 valence electrons. The molecule has 0 aliphatic heterocycles. The number of benzene rings is 1. The SMILES string of the molecule is Cc1cc(CNC(=O)c2cccc(CCC(C)(C)O)c2)ccn1. The number of pyridine rings is 1. The number of aryl methyl sites for hydroxylation is 2. The van der Waals surface area contributed by atoms with Gasteiger partial charge in [0.1, 0.15) is 0 Å². The average molecular weight is 312 g/mol. The Balaban J connectivity index is 1.96. The molecule has 0 unspecified atom stereocenters. The highest BCUT2D eigenvalue weighted by Crippen LogP contribution is 2.14. The maximum Gasteiger partial charge on any atom is 0.251 e. The third kappa shape index (κ3) is 5.83. The van der Waals surface area contributed by atoms with Crippen molar-refractivity contribution in [2.75, 3.05) is 0 Å². The molecule has 1 amide bonds. The Morgan fingerprint density at radius 3 is 2.70 bits per heavy atom. The van der Waals surface area contributed by atoms with Gasteiger partial charge in [0.2, 0.25) is 0 Å². The predicted molar refractivity (Wildman–Crippen MR) is 91.2 cm³/mol. The predicted octanol–water partition coefficient (Wildman–Crippen LogP) is 3.02. The van der Waals surface area contributed by atoms with Crippen molar-refractivity contribution in [3.8, 4) is 0 Å². The first-order chi connectivity index (χ1) is 10.8. The van der Waals surface area contributed by atoms with E-state index in [-0.39, 0.29) is 5.91 Å². The third-order valence-corrected chi connectivity index (χ3v) is 3.63. The van der Waals surface area contributed by atoms with Crippen molar-refractivity contribution in [2.45, 2.75) is 45.8 Å². The van der Waals surface area contributed by atoms with Crippen LogP contribution in [0.15, 0.2) is 42.6 Å². The monoisotopic (exact) mass is 312 g/mol. The van der Waals surface area contributed by atoms with E-state index in [4.69, 9.17) is 0 Å². The van der Waals surface area contributed by atoms with Crippen LogP contribution in [0.2, 0.25) is 0 Å². The van der Waals surface area contributed by atoms with Crippen LogP contribution in [0.1, 0.15) is 47.4 Å². The number of aromatic nitrogens is 1. The quantitative estimate of drug-likeness (QED) is 0.862. The summed E-state index contributed by atoms with van der Waals surface area (Å²) in [5.41, 5.74) is 2.97. The van der Waals surface area contributed by atoms with Crippen LogP contribution in [0.5, 0.6) is 0 Å². The summed E-state index contributed by atoms with van der Waals surface area (Å²) in [5.74, 6) is -0.0930. The molecule has 1 aromatic heterocycles. The van der Waals surface area contributed by atoms with Gasteiger partial charge in [0.15, 0.2) is 0 Å². The Kier molecular flexibility index (Phi) is 5.50. The smallest absolute Gasteiger partial charge is 0.251 e. The second-order valence-electron chi connectivity index (χ2n) is 6.50. The van der Waals surface area contributed by atoms with Crippen molar-refractivity contribution < 1.29 is 9.90 Å². The van der Waals surface area contributed by atoms with Crippen LogP contribution in [0.4, 0.5) is 0 Å². The van der Waals surface area contributed by atoms with Crippen LogP contribution in [-0.4, -0.2) is 21.6 Å². The number of rotatable bonds is 6. The lowest BCUT2D eigenvalue weighted by Crippen LogP contribution is -2.23. The second-order valence-corrected chi connectivity index (χ2v) is 6.50. The number of carbonyl (C=O) groups is 1. The van der Waals surface area contributed by atoms with Crippen LogP contribution < -0.4 is 5.32 Å². The molecule has 4 nitrogen and oxygen atoms in total. The molecule has 2 rings (SSSR count). The van der Waals surface area contributed by atoms with Crippen molar-refractivity contribution in [3.63, 3.8) is 0 Å². The average Bonchev–Trinajstić information content (AvgIpc) is 2.50. The summed E-state index contributed by atoms with van der Waals surface area (Å²) in [7, 11) is 0. The molecule has 2 N–H and O–H groups in total. The normalized spacial score (nSPS) is 11.3. The Hall–Kier alpha value is -2.20. The van der Waals surface area contributed by atoms with E-state index in [1.54, 1.807) is 26.1 Å². The van der Waals surface area contributed by atoms with Crippen LogP contribution in [0.3, 0.4) is 0 Å². The number of nitrogens with one attached hydrogen (secondary N) is 1. The molecule has 0 radical (unpaired) electrons. The van der Waals surface area contributed by atoms with Gasteiger partial charge in [0, 0.05) is 24.0 Å². The molecule has 23 heavy (non-hydrogen) atoms. The molecule has 0 saturated heterocycles. The number of nitrogens with zero attached hydrogens (tertiary/aromatic N) is 1. The van der Waals surface area contributed by atoms with E-state index in [0.717, 1.165) is 23.2 Å². The minimum Gasteiger partial charge on any atom is -0.390 e.